The van der Waals surface area contributed by atoms with E-state index in [1.165, 1.54) is 22.3 Å². The smallest absolute Gasteiger partial charge is 0.0165 e. The Hall–Kier alpha value is -1.08. The summed E-state index contributed by atoms with van der Waals surface area (Å²) in [5.41, 5.74) is 5.47. The predicted octanol–water partition coefficient (Wildman–Crippen LogP) is 3.95. The van der Waals surface area contributed by atoms with Gasteiger partial charge in [0, 0.05) is 6.54 Å². The topological polar surface area (TPSA) is 12.0 Å². The first-order valence-corrected chi connectivity index (χ1v) is 6.44. The van der Waals surface area contributed by atoms with Gasteiger partial charge in [0.2, 0.25) is 0 Å². The van der Waals surface area contributed by atoms with Crippen LogP contribution in [-0.4, -0.2) is 13.1 Å². The van der Waals surface area contributed by atoms with Crippen LogP contribution in [0.4, 0.5) is 0 Å². The molecular weight excluding hydrogens is 206 g/mol. The first kappa shape index (κ1) is 14.0. The van der Waals surface area contributed by atoms with Crippen molar-refractivity contribution >= 4 is 6.08 Å². The Morgan fingerprint density at radius 1 is 1.24 bits per heavy atom. The fraction of sp³-hybridized carbons (Fsp3) is 0.500. The van der Waals surface area contributed by atoms with Gasteiger partial charge < -0.3 is 5.32 Å². The molecule has 1 aromatic carbocycles. The molecule has 0 spiro atoms. The van der Waals surface area contributed by atoms with E-state index in [2.05, 4.69) is 64.2 Å². The molecule has 1 nitrogen and oxygen atoms in total. The normalized spacial score (nSPS) is 12.2. The Bertz CT molecular complexity index is 368. The first-order chi connectivity index (χ1) is 8.00. The fourth-order valence-corrected chi connectivity index (χ4v) is 1.91. The van der Waals surface area contributed by atoms with Crippen molar-refractivity contribution in [3.63, 3.8) is 0 Å². The van der Waals surface area contributed by atoms with Crippen LogP contribution >= 0.6 is 0 Å². The van der Waals surface area contributed by atoms with Gasteiger partial charge in [-0.15, -0.1) is 0 Å². The van der Waals surface area contributed by atoms with E-state index >= 15 is 0 Å². The summed E-state index contributed by atoms with van der Waals surface area (Å²) in [6.07, 6.45) is 2.30. The fourth-order valence-electron chi connectivity index (χ4n) is 1.91. The second kappa shape index (κ2) is 6.61. The quantitative estimate of drug-likeness (QED) is 0.809. The van der Waals surface area contributed by atoms with Gasteiger partial charge in [-0.3, -0.25) is 0 Å². The van der Waals surface area contributed by atoms with Crippen molar-refractivity contribution in [2.45, 2.75) is 34.6 Å². The zero-order valence-electron chi connectivity index (χ0n) is 11.8. The van der Waals surface area contributed by atoms with Gasteiger partial charge in [-0.25, -0.2) is 0 Å². The summed E-state index contributed by atoms with van der Waals surface area (Å²) in [5, 5.41) is 3.48. The Kier molecular flexibility index (Phi) is 5.43. The van der Waals surface area contributed by atoms with Crippen molar-refractivity contribution in [1.82, 2.24) is 5.32 Å². The van der Waals surface area contributed by atoms with Crippen molar-refractivity contribution in [3.8, 4) is 0 Å². The summed E-state index contributed by atoms with van der Waals surface area (Å²) in [7, 11) is 0. The average Bonchev–Trinajstić information content (AvgIpc) is 2.23. The number of nitrogens with one attached hydrogen (secondary N) is 1. The highest BCUT2D eigenvalue weighted by atomic mass is 14.8. The Morgan fingerprint density at radius 3 is 2.35 bits per heavy atom. The van der Waals surface area contributed by atoms with E-state index in [4.69, 9.17) is 0 Å². The van der Waals surface area contributed by atoms with Crippen LogP contribution in [0.3, 0.4) is 0 Å². The molecule has 0 unspecified atom stereocenters. The summed E-state index contributed by atoms with van der Waals surface area (Å²) in [5.74, 6) is 0.711. The number of benzene rings is 1. The summed E-state index contributed by atoms with van der Waals surface area (Å²) < 4.78 is 0. The van der Waals surface area contributed by atoms with Crippen molar-refractivity contribution in [3.05, 3.63) is 40.5 Å². The molecule has 0 aliphatic heterocycles. The molecule has 94 valence electrons. The SMILES string of the molecule is C/C(=C\c1c(C)cccc1C)CNCC(C)C. The van der Waals surface area contributed by atoms with Gasteiger partial charge in [0.15, 0.2) is 0 Å². The number of hydrogen-bond acceptors (Lipinski definition) is 1. The van der Waals surface area contributed by atoms with Crippen LogP contribution in [0.2, 0.25) is 0 Å². The monoisotopic (exact) mass is 231 g/mol. The van der Waals surface area contributed by atoms with Gasteiger partial charge in [-0.2, -0.15) is 0 Å². The van der Waals surface area contributed by atoms with Crippen molar-refractivity contribution in [2.75, 3.05) is 13.1 Å². The van der Waals surface area contributed by atoms with E-state index in [0.717, 1.165) is 13.1 Å². The molecule has 1 N–H and O–H groups in total. The molecule has 0 amide bonds. The molecule has 1 heteroatoms. The lowest BCUT2D eigenvalue weighted by Crippen LogP contribution is -2.21. The molecule has 1 rings (SSSR count). The minimum Gasteiger partial charge on any atom is -0.313 e. The molecule has 0 aliphatic rings. The first-order valence-electron chi connectivity index (χ1n) is 6.44. The number of rotatable bonds is 5. The minimum atomic E-state index is 0.711. The molecule has 0 aliphatic carbocycles. The molecule has 17 heavy (non-hydrogen) atoms. The van der Waals surface area contributed by atoms with Crippen LogP contribution in [0.25, 0.3) is 6.08 Å². The minimum absolute atomic E-state index is 0.711. The third-order valence-electron chi connectivity index (χ3n) is 2.89. The maximum absolute atomic E-state index is 3.48. The zero-order valence-corrected chi connectivity index (χ0v) is 11.8. The molecule has 0 saturated carbocycles. The highest BCUT2D eigenvalue weighted by Gasteiger charge is 2.00. The zero-order chi connectivity index (χ0) is 12.8. The molecule has 0 atom stereocenters. The molecular formula is C16H25N. The van der Waals surface area contributed by atoms with Gasteiger partial charge in [0.05, 0.1) is 0 Å². The number of hydrogen-bond donors (Lipinski definition) is 1. The van der Waals surface area contributed by atoms with Crippen LogP contribution in [-0.2, 0) is 0 Å². The van der Waals surface area contributed by atoms with Crippen molar-refractivity contribution < 1.29 is 0 Å². The molecule has 0 aromatic heterocycles. The molecule has 0 saturated heterocycles. The third kappa shape index (κ3) is 4.74. The molecule has 0 radical (unpaired) electrons. The lowest BCUT2D eigenvalue weighted by molar-refractivity contribution is 0.572. The van der Waals surface area contributed by atoms with Gasteiger partial charge in [-0.1, -0.05) is 43.7 Å². The average molecular weight is 231 g/mol. The van der Waals surface area contributed by atoms with Gasteiger partial charge in [-0.05, 0) is 49.9 Å². The Balaban J connectivity index is 2.67. The highest BCUT2D eigenvalue weighted by Crippen LogP contribution is 2.16. The van der Waals surface area contributed by atoms with Crippen LogP contribution < -0.4 is 5.32 Å². The van der Waals surface area contributed by atoms with Crippen LogP contribution in [0.5, 0.6) is 0 Å². The number of aryl methyl sites for hydroxylation is 2. The molecule has 0 bridgehead atoms. The summed E-state index contributed by atoms with van der Waals surface area (Å²) in [6.45, 7) is 13.1. The van der Waals surface area contributed by atoms with E-state index in [-0.39, 0.29) is 0 Å². The van der Waals surface area contributed by atoms with Gasteiger partial charge in [0.25, 0.3) is 0 Å². The van der Waals surface area contributed by atoms with Crippen molar-refractivity contribution in [1.29, 1.82) is 0 Å². The lowest BCUT2D eigenvalue weighted by atomic mass is 10.0. The van der Waals surface area contributed by atoms with Gasteiger partial charge in [0.1, 0.15) is 0 Å². The van der Waals surface area contributed by atoms with E-state index in [1.54, 1.807) is 0 Å². The van der Waals surface area contributed by atoms with E-state index in [9.17, 15) is 0 Å². The van der Waals surface area contributed by atoms with E-state index < -0.39 is 0 Å². The summed E-state index contributed by atoms with van der Waals surface area (Å²) in [4.78, 5) is 0. The van der Waals surface area contributed by atoms with Crippen LogP contribution in [0.1, 0.15) is 37.5 Å². The predicted molar refractivity (Wildman–Crippen MR) is 77.3 cm³/mol. The van der Waals surface area contributed by atoms with Gasteiger partial charge >= 0.3 is 0 Å². The van der Waals surface area contributed by atoms with E-state index in [1.807, 2.05) is 0 Å². The largest absolute Gasteiger partial charge is 0.313 e. The second-order valence-corrected chi connectivity index (χ2v) is 5.32. The summed E-state index contributed by atoms with van der Waals surface area (Å²) >= 11 is 0. The standard InChI is InChI=1S/C16H25N/c1-12(2)10-17-11-13(3)9-16-14(4)7-6-8-15(16)5/h6-9,12,17H,10-11H2,1-5H3/b13-9+. The van der Waals surface area contributed by atoms with E-state index in [0.29, 0.717) is 5.92 Å². The third-order valence-corrected chi connectivity index (χ3v) is 2.89. The van der Waals surface area contributed by atoms with Crippen LogP contribution in [0, 0.1) is 19.8 Å². The molecule has 1 aromatic rings. The summed E-state index contributed by atoms with van der Waals surface area (Å²) in [6, 6.07) is 6.47. The Labute approximate surface area is 106 Å². The maximum atomic E-state index is 3.48. The van der Waals surface area contributed by atoms with Crippen LogP contribution in [0.15, 0.2) is 23.8 Å². The Morgan fingerprint density at radius 2 is 1.82 bits per heavy atom. The van der Waals surface area contributed by atoms with Crippen molar-refractivity contribution in [2.24, 2.45) is 5.92 Å². The second-order valence-electron chi connectivity index (χ2n) is 5.32. The lowest BCUT2D eigenvalue weighted by Gasteiger charge is -2.09. The molecule has 0 heterocycles. The maximum Gasteiger partial charge on any atom is 0.0165 e. The molecule has 0 fully saturated rings. The highest BCUT2D eigenvalue weighted by molar-refractivity contribution is 5.59.